The monoisotopic (exact) mass is 311 g/mol. The molecule has 1 saturated heterocycles. The van der Waals surface area contributed by atoms with Crippen molar-refractivity contribution in [1.82, 2.24) is 14.1 Å². The van der Waals surface area contributed by atoms with Gasteiger partial charge in [0.25, 0.3) is 5.91 Å². The molecule has 1 aromatic carbocycles. The molecule has 0 saturated carbocycles. The fourth-order valence-electron chi connectivity index (χ4n) is 2.30. The molecule has 0 spiro atoms. The lowest BCUT2D eigenvalue weighted by molar-refractivity contribution is 0.0948. The van der Waals surface area contributed by atoms with E-state index in [1.165, 1.54) is 0 Å². The van der Waals surface area contributed by atoms with E-state index in [1.807, 2.05) is 0 Å². The van der Waals surface area contributed by atoms with Crippen molar-refractivity contribution in [3.05, 3.63) is 23.8 Å². The molecule has 2 heterocycles. The van der Waals surface area contributed by atoms with Crippen LogP contribution in [0.3, 0.4) is 0 Å². The maximum atomic E-state index is 12.0. The van der Waals surface area contributed by atoms with Crippen molar-refractivity contribution in [3.63, 3.8) is 0 Å². The highest BCUT2D eigenvalue weighted by Crippen LogP contribution is 2.18. The van der Waals surface area contributed by atoms with E-state index in [0.717, 1.165) is 17.2 Å². The van der Waals surface area contributed by atoms with Gasteiger partial charge in [-0.3, -0.25) is 4.79 Å². The number of hydrogen-bond acceptors (Lipinski definition) is 6. The smallest absolute Gasteiger partial charge is 0.251 e. The summed E-state index contributed by atoms with van der Waals surface area (Å²) in [6, 6.07) is 5.15. The Morgan fingerprint density at radius 3 is 2.90 bits per heavy atom. The first-order valence-electron chi connectivity index (χ1n) is 6.24. The Hall–Kier alpha value is -1.54. The minimum atomic E-state index is -2.90. The summed E-state index contributed by atoms with van der Waals surface area (Å²) < 4.78 is 30.9. The average Bonchev–Trinajstić information content (AvgIpc) is 3.01. The van der Waals surface area contributed by atoms with E-state index in [0.29, 0.717) is 24.0 Å². The number of nitrogens with one attached hydrogen (secondary N) is 1. The number of fused-ring (bicyclic) bond motifs is 1. The number of amides is 1. The lowest BCUT2D eigenvalue weighted by atomic mass is 10.1. The predicted octanol–water partition coefficient (Wildman–Crippen LogP) is 0.856. The van der Waals surface area contributed by atoms with E-state index in [9.17, 15) is 13.2 Å². The van der Waals surface area contributed by atoms with E-state index in [4.69, 9.17) is 0 Å². The quantitative estimate of drug-likeness (QED) is 0.908. The Balaban J connectivity index is 1.64. The lowest BCUT2D eigenvalue weighted by Crippen LogP contribution is -2.29. The van der Waals surface area contributed by atoms with Crippen LogP contribution in [-0.4, -0.2) is 41.1 Å². The fourth-order valence-corrected chi connectivity index (χ4v) is 4.67. The standard InChI is InChI=1S/C12H13N3O3S2/c16-12(13-6-8-3-4-20(17,18)7-8)9-1-2-10-11(5-9)15-19-14-10/h1-2,5,8H,3-4,6-7H2,(H,13,16)/t8-/m0/s1. The van der Waals surface area contributed by atoms with Crippen molar-refractivity contribution in [2.75, 3.05) is 18.1 Å². The van der Waals surface area contributed by atoms with Gasteiger partial charge < -0.3 is 5.32 Å². The second-order valence-electron chi connectivity index (χ2n) is 4.95. The lowest BCUT2D eigenvalue weighted by Gasteiger charge is -2.09. The van der Waals surface area contributed by atoms with Crippen LogP contribution < -0.4 is 5.32 Å². The number of rotatable bonds is 3. The van der Waals surface area contributed by atoms with Gasteiger partial charge in [-0.15, -0.1) is 0 Å². The molecule has 1 amide bonds. The molecule has 0 unspecified atom stereocenters. The number of sulfone groups is 1. The summed E-state index contributed by atoms with van der Waals surface area (Å²) in [5.41, 5.74) is 1.99. The average molecular weight is 311 g/mol. The van der Waals surface area contributed by atoms with Gasteiger partial charge >= 0.3 is 0 Å². The van der Waals surface area contributed by atoms with Crippen molar-refractivity contribution in [3.8, 4) is 0 Å². The van der Waals surface area contributed by atoms with Crippen LogP contribution >= 0.6 is 11.7 Å². The molecule has 1 aromatic heterocycles. The highest BCUT2D eigenvalue weighted by Gasteiger charge is 2.27. The molecule has 106 valence electrons. The third-order valence-corrected chi connectivity index (χ3v) is 5.79. The number of carbonyl (C=O) groups is 1. The summed E-state index contributed by atoms with van der Waals surface area (Å²) in [6.07, 6.45) is 0.623. The van der Waals surface area contributed by atoms with Gasteiger partial charge in [-0.1, -0.05) is 0 Å². The van der Waals surface area contributed by atoms with Crippen LogP contribution in [0.4, 0.5) is 0 Å². The van der Waals surface area contributed by atoms with Crippen LogP contribution in [-0.2, 0) is 9.84 Å². The van der Waals surface area contributed by atoms with E-state index in [2.05, 4.69) is 14.1 Å². The van der Waals surface area contributed by atoms with E-state index in [1.54, 1.807) is 18.2 Å². The Morgan fingerprint density at radius 1 is 1.35 bits per heavy atom. The first-order valence-corrected chi connectivity index (χ1v) is 8.80. The highest BCUT2D eigenvalue weighted by molar-refractivity contribution is 7.91. The van der Waals surface area contributed by atoms with Gasteiger partial charge in [0.05, 0.1) is 23.2 Å². The number of nitrogens with zero attached hydrogens (tertiary/aromatic N) is 2. The molecule has 1 N–H and O–H groups in total. The van der Waals surface area contributed by atoms with Gasteiger partial charge in [0.2, 0.25) is 0 Å². The fraction of sp³-hybridized carbons (Fsp3) is 0.417. The van der Waals surface area contributed by atoms with Crippen LogP contribution in [0, 0.1) is 5.92 Å². The number of aromatic nitrogens is 2. The van der Waals surface area contributed by atoms with Crippen LogP contribution in [0.2, 0.25) is 0 Å². The molecular weight excluding hydrogens is 298 g/mol. The zero-order valence-corrected chi connectivity index (χ0v) is 12.2. The summed E-state index contributed by atoms with van der Waals surface area (Å²) in [7, 11) is -2.90. The molecule has 1 atom stereocenters. The Bertz CT molecular complexity index is 754. The zero-order chi connectivity index (χ0) is 14.2. The minimum Gasteiger partial charge on any atom is -0.352 e. The Kier molecular flexibility index (Phi) is 3.43. The predicted molar refractivity (Wildman–Crippen MR) is 76.5 cm³/mol. The van der Waals surface area contributed by atoms with Crippen molar-refractivity contribution >= 4 is 38.5 Å². The topological polar surface area (TPSA) is 89.0 Å². The molecule has 1 aliphatic rings. The first kappa shape index (κ1) is 13.4. The molecule has 2 aromatic rings. The Morgan fingerprint density at radius 2 is 2.15 bits per heavy atom. The molecule has 3 rings (SSSR count). The van der Waals surface area contributed by atoms with Gasteiger partial charge in [-0.25, -0.2) is 8.42 Å². The van der Waals surface area contributed by atoms with Gasteiger partial charge in [0, 0.05) is 12.1 Å². The maximum Gasteiger partial charge on any atom is 0.251 e. The Labute approximate surface area is 120 Å². The molecule has 6 nitrogen and oxygen atoms in total. The molecule has 1 aliphatic heterocycles. The molecule has 0 bridgehead atoms. The second kappa shape index (κ2) is 5.10. The minimum absolute atomic E-state index is 0.0219. The van der Waals surface area contributed by atoms with E-state index >= 15 is 0 Å². The first-order chi connectivity index (χ1) is 9.53. The normalized spacial score (nSPS) is 21.1. The second-order valence-corrected chi connectivity index (χ2v) is 7.70. The number of benzene rings is 1. The van der Waals surface area contributed by atoms with Gasteiger partial charge in [-0.2, -0.15) is 8.75 Å². The molecule has 8 heteroatoms. The van der Waals surface area contributed by atoms with Crippen molar-refractivity contribution in [2.24, 2.45) is 5.92 Å². The summed E-state index contributed by atoms with van der Waals surface area (Å²) in [5, 5.41) is 2.79. The van der Waals surface area contributed by atoms with Gasteiger partial charge in [-0.05, 0) is 30.5 Å². The molecular formula is C12H13N3O3S2. The number of carbonyl (C=O) groups excluding carboxylic acids is 1. The van der Waals surface area contributed by atoms with Crippen molar-refractivity contribution < 1.29 is 13.2 Å². The van der Waals surface area contributed by atoms with Crippen LogP contribution in [0.25, 0.3) is 11.0 Å². The highest BCUT2D eigenvalue weighted by atomic mass is 32.2. The summed E-state index contributed by atoms with van der Waals surface area (Å²) in [6.45, 7) is 0.394. The summed E-state index contributed by atoms with van der Waals surface area (Å²) in [5.74, 6) is 0.213. The summed E-state index contributed by atoms with van der Waals surface area (Å²) in [4.78, 5) is 12.0. The number of hydrogen-bond donors (Lipinski definition) is 1. The molecule has 20 heavy (non-hydrogen) atoms. The van der Waals surface area contributed by atoms with Gasteiger partial charge in [0.1, 0.15) is 11.0 Å². The van der Waals surface area contributed by atoms with E-state index < -0.39 is 9.84 Å². The SMILES string of the molecule is O=C(NC[C@@H]1CCS(=O)(=O)C1)c1ccc2nsnc2c1. The van der Waals surface area contributed by atoms with Crippen LogP contribution in [0.1, 0.15) is 16.8 Å². The third kappa shape index (κ3) is 2.80. The molecule has 1 fully saturated rings. The zero-order valence-electron chi connectivity index (χ0n) is 10.6. The molecule has 0 aliphatic carbocycles. The van der Waals surface area contributed by atoms with Gasteiger partial charge in [0.15, 0.2) is 9.84 Å². The van der Waals surface area contributed by atoms with E-state index in [-0.39, 0.29) is 23.3 Å². The maximum absolute atomic E-state index is 12.0. The van der Waals surface area contributed by atoms with Crippen LogP contribution in [0.15, 0.2) is 18.2 Å². The van der Waals surface area contributed by atoms with Crippen LogP contribution in [0.5, 0.6) is 0 Å². The summed E-state index contributed by atoms with van der Waals surface area (Å²) >= 11 is 1.11. The third-order valence-electron chi connectivity index (χ3n) is 3.39. The molecule has 0 radical (unpaired) electrons. The largest absolute Gasteiger partial charge is 0.352 e. The van der Waals surface area contributed by atoms with Crippen molar-refractivity contribution in [2.45, 2.75) is 6.42 Å². The van der Waals surface area contributed by atoms with Crippen molar-refractivity contribution in [1.29, 1.82) is 0 Å².